The summed E-state index contributed by atoms with van der Waals surface area (Å²) in [6, 6.07) is -14.8. The standard InChI is InChI=1S/C68H119N13O14/c1-25-27-28-43(13)57(83)56-61(87)72-48(26-2)64(90)74(18)47(17)63(89)79(23)55(44(14)36-95-37-52(82)81-31-29-69-30-32-81)60(86)73-53(41(9)10)67(93)75(19)49(33-38(3)4)59(85)70-45(15)58(84)71-46(16)62(88)76(20)50(34-39(5)6)65(91)77(21)51(35-40(7)8)66(92)78(22)54(42(11)12)68(94)80(56)24/h25,27,38-40,42-51,53-57,69,83H,9,26,28-37H2,1-8,10-24H3,(H,70,85)(H,71,84)(H,72,87)(H,73,86). The van der Waals surface area contributed by atoms with Crippen molar-refractivity contribution >= 4 is 70.9 Å². The molecule has 0 aromatic rings. The zero-order valence-corrected chi connectivity index (χ0v) is 61.4. The highest BCUT2D eigenvalue weighted by atomic mass is 16.5. The Morgan fingerprint density at radius 3 is 1.52 bits per heavy atom. The summed E-state index contributed by atoms with van der Waals surface area (Å²) in [7, 11) is 9.68. The third-order valence-electron chi connectivity index (χ3n) is 18.2. The lowest BCUT2D eigenvalue weighted by Crippen LogP contribution is -2.64. The number of nitrogens with zero attached hydrogens (tertiary/aromatic N) is 8. The molecule has 2 heterocycles. The number of piperazine rings is 1. The quantitative estimate of drug-likeness (QED) is 0.106. The van der Waals surface area contributed by atoms with Crippen LogP contribution in [0.15, 0.2) is 24.3 Å². The molecule has 0 aromatic heterocycles. The predicted molar refractivity (Wildman–Crippen MR) is 363 cm³/mol. The number of rotatable bonds is 18. The van der Waals surface area contributed by atoms with Crippen LogP contribution in [0.4, 0.5) is 0 Å². The molecule has 0 saturated carbocycles. The fourth-order valence-corrected chi connectivity index (χ4v) is 12.1. The molecular formula is C68H119N13O14. The van der Waals surface area contributed by atoms with E-state index in [-0.39, 0.29) is 74.6 Å². The highest BCUT2D eigenvalue weighted by Gasteiger charge is 2.46. The van der Waals surface area contributed by atoms with E-state index in [4.69, 9.17) is 4.74 Å². The van der Waals surface area contributed by atoms with Gasteiger partial charge in [-0.15, -0.1) is 0 Å². The maximum Gasteiger partial charge on any atom is 0.249 e. The molecule has 2 fully saturated rings. The Bertz CT molecular complexity index is 2700. The maximum atomic E-state index is 15.3. The van der Waals surface area contributed by atoms with Gasteiger partial charge >= 0.3 is 0 Å². The molecule has 0 aliphatic carbocycles. The van der Waals surface area contributed by atoms with Gasteiger partial charge in [0.2, 0.25) is 70.9 Å². The summed E-state index contributed by atoms with van der Waals surface area (Å²) in [4.78, 5) is 186. The van der Waals surface area contributed by atoms with Crippen molar-refractivity contribution in [3.05, 3.63) is 24.3 Å². The van der Waals surface area contributed by atoms with Gasteiger partial charge in [-0.1, -0.05) is 94.9 Å². The normalized spacial score (nSPS) is 27.2. The molecule has 2 aliphatic heterocycles. The maximum absolute atomic E-state index is 15.3. The molecule has 2 saturated heterocycles. The summed E-state index contributed by atoms with van der Waals surface area (Å²) < 4.78 is 5.93. The van der Waals surface area contributed by atoms with E-state index < -0.39 is 155 Å². The summed E-state index contributed by atoms with van der Waals surface area (Å²) in [6.45, 7) is 32.5. The minimum Gasteiger partial charge on any atom is -0.390 e. The Hall–Kier alpha value is -7.00. The average Bonchev–Trinajstić information content (AvgIpc) is 0.813. The Kier molecular flexibility index (Phi) is 34.2. The van der Waals surface area contributed by atoms with Gasteiger partial charge in [0.1, 0.15) is 73.1 Å². The molecule has 27 nitrogen and oxygen atoms in total. The lowest BCUT2D eigenvalue weighted by atomic mass is 9.91. The Morgan fingerprint density at radius 2 is 1.02 bits per heavy atom. The number of hydrogen-bond acceptors (Lipinski definition) is 15. The van der Waals surface area contributed by atoms with Crippen LogP contribution in [0.3, 0.4) is 0 Å². The number of aliphatic hydroxyl groups excluding tert-OH is 1. The van der Waals surface area contributed by atoms with E-state index in [0.717, 1.165) is 19.6 Å². The monoisotopic (exact) mass is 1340 g/mol. The van der Waals surface area contributed by atoms with Gasteiger partial charge in [-0.25, -0.2) is 0 Å². The van der Waals surface area contributed by atoms with E-state index in [1.807, 2.05) is 41.5 Å². The minimum absolute atomic E-state index is 0.0405. The van der Waals surface area contributed by atoms with Gasteiger partial charge in [-0.3, -0.25) is 57.5 Å². The van der Waals surface area contributed by atoms with Crippen molar-refractivity contribution in [3.8, 4) is 0 Å². The van der Waals surface area contributed by atoms with Crippen LogP contribution in [-0.2, 0) is 62.3 Å². The summed E-state index contributed by atoms with van der Waals surface area (Å²) in [5.41, 5.74) is 0.144. The third-order valence-corrected chi connectivity index (χ3v) is 18.2. The molecule has 27 heteroatoms. The lowest BCUT2D eigenvalue weighted by Gasteiger charge is -2.41. The first-order chi connectivity index (χ1) is 44.1. The van der Waals surface area contributed by atoms with Crippen molar-refractivity contribution in [3.63, 3.8) is 0 Å². The van der Waals surface area contributed by atoms with Crippen molar-refractivity contribution in [2.45, 2.75) is 215 Å². The van der Waals surface area contributed by atoms with Gasteiger partial charge in [0.25, 0.3) is 0 Å². The smallest absolute Gasteiger partial charge is 0.249 e. The van der Waals surface area contributed by atoms with Gasteiger partial charge in [0.15, 0.2) is 0 Å². The van der Waals surface area contributed by atoms with E-state index in [1.54, 1.807) is 58.6 Å². The topological polar surface area (TPSA) is 320 Å². The number of carbonyl (C=O) groups excluding carboxylic acids is 12. The second-order valence-corrected chi connectivity index (χ2v) is 27.9. The largest absolute Gasteiger partial charge is 0.390 e. The number of allylic oxidation sites excluding steroid dienone is 2. The Morgan fingerprint density at radius 1 is 0.558 bits per heavy atom. The van der Waals surface area contributed by atoms with Crippen molar-refractivity contribution in [1.82, 2.24) is 65.8 Å². The van der Waals surface area contributed by atoms with Crippen LogP contribution in [-0.4, -0.2) is 276 Å². The van der Waals surface area contributed by atoms with Gasteiger partial charge < -0.3 is 75.6 Å². The van der Waals surface area contributed by atoms with Gasteiger partial charge in [-0.05, 0) is 102 Å². The summed E-state index contributed by atoms with van der Waals surface area (Å²) in [5, 5.41) is 26.3. The zero-order chi connectivity index (χ0) is 73.0. The zero-order valence-electron chi connectivity index (χ0n) is 61.4. The van der Waals surface area contributed by atoms with Crippen molar-refractivity contribution in [2.75, 3.05) is 88.7 Å². The number of nitrogens with one attached hydrogen (secondary N) is 5. The van der Waals surface area contributed by atoms with Crippen LogP contribution in [0.2, 0.25) is 0 Å². The van der Waals surface area contributed by atoms with Crippen LogP contribution in [0, 0.1) is 35.5 Å². The van der Waals surface area contributed by atoms with Crippen molar-refractivity contribution in [1.29, 1.82) is 0 Å². The average molecular weight is 1340 g/mol. The van der Waals surface area contributed by atoms with E-state index in [9.17, 15) is 38.7 Å². The van der Waals surface area contributed by atoms with Crippen LogP contribution >= 0.6 is 0 Å². The number of ether oxygens (including phenoxy) is 1. The summed E-state index contributed by atoms with van der Waals surface area (Å²) in [6.07, 6.45) is 2.59. The van der Waals surface area contributed by atoms with Crippen molar-refractivity contribution in [2.24, 2.45) is 35.5 Å². The SMILES string of the molecule is C=C(C)C1NC(=O)C(C(C)COCC(=O)N2CCNCC2)N(C)C(=O)C(C)N(C)C(=O)C(CC)NC(=O)C(C(O)C(C)CC=CC)N(C)C(=O)C(C(C)C)N(C)C(=O)C(CC(C)C)N(C)C(=O)C(CC(C)C)N(C)C(=O)C(C)NC(=O)C(C)NC(=O)C(CC(C)C)N(C)C1=O. The summed E-state index contributed by atoms with van der Waals surface area (Å²) in [5.74, 6) is -11.3. The van der Waals surface area contributed by atoms with Gasteiger partial charge in [0.05, 0.1) is 12.7 Å². The molecule has 6 N–H and O–H groups in total. The number of hydrogen-bond donors (Lipinski definition) is 6. The first kappa shape index (κ1) is 84.1. The van der Waals surface area contributed by atoms with E-state index in [0.29, 0.717) is 26.2 Å². The molecule has 0 spiro atoms. The van der Waals surface area contributed by atoms with Crippen LogP contribution in [0.1, 0.15) is 143 Å². The van der Waals surface area contributed by atoms with E-state index in [2.05, 4.69) is 33.2 Å². The number of likely N-dealkylation sites (N-methyl/N-ethyl adjacent to an activating group) is 7. The molecule has 14 atom stereocenters. The lowest BCUT2D eigenvalue weighted by molar-refractivity contribution is -0.157. The molecule has 2 rings (SSSR count). The molecule has 95 heavy (non-hydrogen) atoms. The molecule has 2 aliphatic rings. The molecule has 540 valence electrons. The Balaban J connectivity index is 3.04. The second-order valence-electron chi connectivity index (χ2n) is 27.9. The fourth-order valence-electron chi connectivity index (χ4n) is 12.1. The molecule has 0 bridgehead atoms. The van der Waals surface area contributed by atoms with Crippen LogP contribution < -0.4 is 26.6 Å². The Labute approximate surface area is 565 Å². The van der Waals surface area contributed by atoms with Crippen LogP contribution in [0.25, 0.3) is 0 Å². The molecular weight excluding hydrogens is 1220 g/mol. The van der Waals surface area contributed by atoms with Gasteiger partial charge in [-0.2, -0.15) is 0 Å². The van der Waals surface area contributed by atoms with Crippen molar-refractivity contribution < 1.29 is 67.4 Å². The first-order valence-corrected chi connectivity index (χ1v) is 33.7. The van der Waals surface area contributed by atoms with E-state index >= 15 is 24.0 Å². The number of aliphatic hydroxyl groups is 1. The predicted octanol–water partition coefficient (Wildman–Crippen LogP) is 1.62. The second kappa shape index (κ2) is 38.7. The number of carbonyl (C=O) groups is 12. The fraction of sp³-hybridized carbons (Fsp3) is 0.765. The highest BCUT2D eigenvalue weighted by Crippen LogP contribution is 2.26. The van der Waals surface area contributed by atoms with E-state index in [1.165, 1.54) is 91.7 Å². The highest BCUT2D eigenvalue weighted by molar-refractivity contribution is 6.00. The molecule has 14 unspecified atom stereocenters. The molecule has 0 aromatic carbocycles. The van der Waals surface area contributed by atoms with Gasteiger partial charge in [0, 0.05) is 81.4 Å². The first-order valence-electron chi connectivity index (χ1n) is 33.7. The molecule has 0 radical (unpaired) electrons. The number of amides is 12. The molecule has 12 amide bonds. The summed E-state index contributed by atoms with van der Waals surface area (Å²) >= 11 is 0. The van der Waals surface area contributed by atoms with Crippen LogP contribution in [0.5, 0.6) is 0 Å². The third kappa shape index (κ3) is 23.1. The minimum atomic E-state index is -1.66.